The van der Waals surface area contributed by atoms with Gasteiger partial charge in [0.1, 0.15) is 12.4 Å². The topological polar surface area (TPSA) is 55.5 Å². The van der Waals surface area contributed by atoms with Gasteiger partial charge in [0, 0.05) is 6.07 Å². The van der Waals surface area contributed by atoms with Crippen LogP contribution in [0.3, 0.4) is 0 Å². The standard InChI is InChI=1S/C12H13NO3/c1-9(14)10-2-4-11(5-3-10)15-8-12-6-7-13-16-12/h2-7,9,14H,8H2,1H3. The van der Waals surface area contributed by atoms with Crippen LogP contribution in [-0.4, -0.2) is 10.3 Å². The molecule has 1 atom stereocenters. The smallest absolute Gasteiger partial charge is 0.174 e. The zero-order chi connectivity index (χ0) is 11.4. The maximum atomic E-state index is 9.33. The molecule has 2 aromatic rings. The average molecular weight is 219 g/mol. The lowest BCUT2D eigenvalue weighted by atomic mass is 10.1. The van der Waals surface area contributed by atoms with E-state index in [2.05, 4.69) is 5.16 Å². The number of aromatic nitrogens is 1. The molecule has 1 heterocycles. The Kier molecular flexibility index (Phi) is 3.22. The maximum absolute atomic E-state index is 9.33. The highest BCUT2D eigenvalue weighted by Crippen LogP contribution is 2.18. The molecule has 0 aliphatic heterocycles. The van der Waals surface area contributed by atoms with E-state index in [4.69, 9.17) is 9.26 Å². The van der Waals surface area contributed by atoms with Crippen molar-refractivity contribution in [1.29, 1.82) is 0 Å². The molecule has 0 amide bonds. The molecule has 4 nitrogen and oxygen atoms in total. The molecule has 0 bridgehead atoms. The molecular formula is C12H13NO3. The highest BCUT2D eigenvalue weighted by Gasteiger charge is 2.02. The van der Waals surface area contributed by atoms with Gasteiger partial charge in [-0.05, 0) is 24.6 Å². The first-order chi connectivity index (χ1) is 7.75. The number of aliphatic hydroxyl groups excluding tert-OH is 1. The molecule has 16 heavy (non-hydrogen) atoms. The van der Waals surface area contributed by atoms with E-state index >= 15 is 0 Å². The number of rotatable bonds is 4. The Morgan fingerprint density at radius 1 is 1.31 bits per heavy atom. The fourth-order valence-corrected chi connectivity index (χ4v) is 1.31. The highest BCUT2D eigenvalue weighted by molar-refractivity contribution is 5.28. The quantitative estimate of drug-likeness (QED) is 0.857. The SMILES string of the molecule is CC(O)c1ccc(OCc2ccno2)cc1. The lowest BCUT2D eigenvalue weighted by Gasteiger charge is -2.07. The molecule has 0 radical (unpaired) electrons. The van der Waals surface area contributed by atoms with Crippen LogP contribution in [-0.2, 0) is 6.61 Å². The second kappa shape index (κ2) is 4.81. The van der Waals surface area contributed by atoms with Crippen molar-refractivity contribution in [3.63, 3.8) is 0 Å². The minimum atomic E-state index is -0.455. The molecule has 0 aliphatic carbocycles. The Bertz CT molecular complexity index is 420. The van der Waals surface area contributed by atoms with E-state index < -0.39 is 6.10 Å². The Morgan fingerprint density at radius 3 is 2.62 bits per heavy atom. The summed E-state index contributed by atoms with van der Waals surface area (Å²) in [5, 5.41) is 12.9. The van der Waals surface area contributed by atoms with Crippen molar-refractivity contribution in [3.8, 4) is 5.75 Å². The van der Waals surface area contributed by atoms with Gasteiger partial charge in [0.2, 0.25) is 0 Å². The minimum absolute atomic E-state index is 0.355. The molecule has 1 unspecified atom stereocenters. The van der Waals surface area contributed by atoms with Gasteiger partial charge in [0.05, 0.1) is 12.3 Å². The Morgan fingerprint density at radius 2 is 2.06 bits per heavy atom. The molecule has 0 saturated carbocycles. The molecule has 1 aromatic heterocycles. The second-order valence-electron chi connectivity index (χ2n) is 3.51. The largest absolute Gasteiger partial charge is 0.486 e. The van der Waals surface area contributed by atoms with Gasteiger partial charge >= 0.3 is 0 Å². The molecule has 0 saturated heterocycles. The van der Waals surface area contributed by atoms with Gasteiger partial charge in [-0.15, -0.1) is 0 Å². The Hall–Kier alpha value is -1.81. The molecule has 1 aromatic carbocycles. The monoisotopic (exact) mass is 219 g/mol. The third kappa shape index (κ3) is 2.61. The van der Waals surface area contributed by atoms with Gasteiger partial charge < -0.3 is 14.4 Å². The van der Waals surface area contributed by atoms with Crippen LogP contribution in [0.1, 0.15) is 24.4 Å². The van der Waals surface area contributed by atoms with Crippen LogP contribution in [0, 0.1) is 0 Å². The molecule has 1 N–H and O–H groups in total. The summed E-state index contributed by atoms with van der Waals surface area (Å²) in [5.41, 5.74) is 0.868. The van der Waals surface area contributed by atoms with Crippen molar-refractivity contribution in [1.82, 2.24) is 5.16 Å². The van der Waals surface area contributed by atoms with E-state index in [9.17, 15) is 5.11 Å². The lowest BCUT2D eigenvalue weighted by Crippen LogP contribution is -1.95. The predicted octanol–water partition coefficient (Wildman–Crippen LogP) is 2.31. The zero-order valence-corrected chi connectivity index (χ0v) is 8.96. The Labute approximate surface area is 93.5 Å². The van der Waals surface area contributed by atoms with Gasteiger partial charge in [-0.1, -0.05) is 17.3 Å². The van der Waals surface area contributed by atoms with Gasteiger partial charge in [-0.3, -0.25) is 0 Å². The summed E-state index contributed by atoms with van der Waals surface area (Å²) in [4.78, 5) is 0. The second-order valence-corrected chi connectivity index (χ2v) is 3.51. The molecule has 0 aliphatic rings. The summed E-state index contributed by atoms with van der Waals surface area (Å²) in [6.07, 6.45) is 1.12. The third-order valence-corrected chi connectivity index (χ3v) is 2.23. The molecule has 0 fully saturated rings. The van der Waals surface area contributed by atoms with Crippen LogP contribution in [0.4, 0.5) is 0 Å². The molecule has 84 valence electrons. The number of aliphatic hydroxyl groups is 1. The maximum Gasteiger partial charge on any atom is 0.174 e. The van der Waals surface area contributed by atoms with Gasteiger partial charge in [-0.2, -0.15) is 0 Å². The summed E-state index contributed by atoms with van der Waals surface area (Å²) < 4.78 is 10.4. The van der Waals surface area contributed by atoms with Crippen LogP contribution in [0.2, 0.25) is 0 Å². The summed E-state index contributed by atoms with van der Waals surface area (Å²) in [7, 11) is 0. The molecule has 2 rings (SSSR count). The number of hydrogen-bond acceptors (Lipinski definition) is 4. The van der Waals surface area contributed by atoms with Crippen molar-refractivity contribution in [2.24, 2.45) is 0 Å². The summed E-state index contributed by atoms with van der Waals surface area (Å²) >= 11 is 0. The fourth-order valence-electron chi connectivity index (χ4n) is 1.31. The first-order valence-electron chi connectivity index (χ1n) is 5.06. The van der Waals surface area contributed by atoms with E-state index in [1.54, 1.807) is 19.2 Å². The van der Waals surface area contributed by atoms with Crippen molar-refractivity contribution < 1.29 is 14.4 Å². The number of benzene rings is 1. The minimum Gasteiger partial charge on any atom is -0.486 e. The normalized spacial score (nSPS) is 12.4. The fraction of sp³-hybridized carbons (Fsp3) is 0.250. The first kappa shape index (κ1) is 10.7. The van der Waals surface area contributed by atoms with Crippen LogP contribution in [0.25, 0.3) is 0 Å². The molecule has 0 spiro atoms. The van der Waals surface area contributed by atoms with Gasteiger partial charge in [-0.25, -0.2) is 0 Å². The number of hydrogen-bond donors (Lipinski definition) is 1. The number of nitrogens with zero attached hydrogens (tertiary/aromatic N) is 1. The van der Waals surface area contributed by atoms with Gasteiger partial charge in [0.15, 0.2) is 5.76 Å². The third-order valence-electron chi connectivity index (χ3n) is 2.23. The lowest BCUT2D eigenvalue weighted by molar-refractivity contribution is 0.199. The summed E-state index contributed by atoms with van der Waals surface area (Å²) in [6.45, 7) is 2.08. The van der Waals surface area contributed by atoms with E-state index in [1.807, 2.05) is 24.3 Å². The highest BCUT2D eigenvalue weighted by atomic mass is 16.5. The predicted molar refractivity (Wildman–Crippen MR) is 57.9 cm³/mol. The molecule has 4 heteroatoms. The molecular weight excluding hydrogens is 206 g/mol. The zero-order valence-electron chi connectivity index (χ0n) is 8.96. The van der Waals surface area contributed by atoms with Crippen molar-refractivity contribution in [2.75, 3.05) is 0 Å². The van der Waals surface area contributed by atoms with E-state index in [1.165, 1.54) is 0 Å². The average Bonchev–Trinajstić information content (AvgIpc) is 2.80. The van der Waals surface area contributed by atoms with Crippen molar-refractivity contribution >= 4 is 0 Å². The van der Waals surface area contributed by atoms with E-state index in [-0.39, 0.29) is 0 Å². The first-order valence-corrected chi connectivity index (χ1v) is 5.06. The van der Waals surface area contributed by atoms with E-state index in [0.29, 0.717) is 12.4 Å². The van der Waals surface area contributed by atoms with Crippen molar-refractivity contribution in [3.05, 3.63) is 47.9 Å². The van der Waals surface area contributed by atoms with Gasteiger partial charge in [0.25, 0.3) is 0 Å². The van der Waals surface area contributed by atoms with Crippen LogP contribution in [0.5, 0.6) is 5.75 Å². The van der Waals surface area contributed by atoms with Crippen LogP contribution < -0.4 is 4.74 Å². The van der Waals surface area contributed by atoms with Crippen molar-refractivity contribution in [2.45, 2.75) is 19.6 Å². The Balaban J connectivity index is 1.95. The number of ether oxygens (including phenoxy) is 1. The van der Waals surface area contributed by atoms with Crippen LogP contribution in [0.15, 0.2) is 41.1 Å². The van der Waals surface area contributed by atoms with E-state index in [0.717, 1.165) is 11.3 Å². The van der Waals surface area contributed by atoms with Crippen LogP contribution >= 0.6 is 0 Å². The summed E-state index contributed by atoms with van der Waals surface area (Å²) in [5.74, 6) is 1.42. The summed E-state index contributed by atoms with van der Waals surface area (Å²) in [6, 6.07) is 9.06.